The summed E-state index contributed by atoms with van der Waals surface area (Å²) in [6.45, 7) is 1.16. The number of hydrogen-bond donors (Lipinski definition) is 2. The van der Waals surface area contributed by atoms with Crippen molar-refractivity contribution in [3.8, 4) is 0 Å². The summed E-state index contributed by atoms with van der Waals surface area (Å²) in [7, 11) is 0. The fourth-order valence-corrected chi connectivity index (χ4v) is 3.63. The molecule has 4 atom stereocenters. The Labute approximate surface area is 143 Å². The molecule has 0 aliphatic carbocycles. The first-order valence-electron chi connectivity index (χ1n) is 8.20. The number of hydrogen-bond acceptors (Lipinski definition) is 6. The van der Waals surface area contributed by atoms with Crippen molar-refractivity contribution in [3.05, 3.63) is 0 Å². The van der Waals surface area contributed by atoms with Crippen LogP contribution in [0.3, 0.4) is 0 Å². The highest BCUT2D eigenvalue weighted by atomic mass is 32.1. The molecule has 0 aromatic heterocycles. The quantitative estimate of drug-likeness (QED) is 0.498. The van der Waals surface area contributed by atoms with Gasteiger partial charge >= 0.3 is 11.9 Å². The first-order valence-corrected chi connectivity index (χ1v) is 9.23. The zero-order valence-electron chi connectivity index (χ0n) is 12.9. The number of ether oxygens (including phenoxy) is 2. The van der Waals surface area contributed by atoms with Crippen molar-refractivity contribution < 1.29 is 19.1 Å². The van der Waals surface area contributed by atoms with Crippen LogP contribution >= 0.6 is 25.3 Å². The van der Waals surface area contributed by atoms with Gasteiger partial charge in [0.15, 0.2) is 0 Å². The fourth-order valence-electron chi connectivity index (χ4n) is 3.03. The first-order chi connectivity index (χ1) is 10.5. The third kappa shape index (κ3) is 6.41. The largest absolute Gasteiger partial charge is 0.465 e. The summed E-state index contributed by atoms with van der Waals surface area (Å²) in [6.07, 6.45) is 7.29. The molecular formula is C16H26O4S2. The van der Waals surface area contributed by atoms with Crippen LogP contribution in [0.1, 0.15) is 51.4 Å². The number of esters is 2. The summed E-state index contributed by atoms with van der Waals surface area (Å²) in [5.74, 6) is 0.638. The Balaban J connectivity index is 1.50. The van der Waals surface area contributed by atoms with Crippen LogP contribution in [0, 0.1) is 11.8 Å². The Morgan fingerprint density at radius 1 is 0.818 bits per heavy atom. The van der Waals surface area contributed by atoms with Gasteiger partial charge in [-0.2, -0.15) is 25.3 Å². The summed E-state index contributed by atoms with van der Waals surface area (Å²) >= 11 is 9.29. The maximum absolute atomic E-state index is 11.0. The van der Waals surface area contributed by atoms with E-state index in [2.05, 4.69) is 25.3 Å². The third-order valence-corrected chi connectivity index (χ3v) is 5.55. The molecule has 0 saturated carbocycles. The van der Waals surface area contributed by atoms with E-state index in [1.807, 2.05) is 0 Å². The molecule has 2 heterocycles. The maximum Gasteiger partial charge on any atom is 0.306 e. The van der Waals surface area contributed by atoms with Crippen LogP contribution in [-0.4, -0.2) is 35.7 Å². The molecule has 2 fully saturated rings. The van der Waals surface area contributed by atoms with Gasteiger partial charge in [-0.1, -0.05) is 0 Å². The second-order valence-electron chi connectivity index (χ2n) is 6.55. The molecule has 0 aromatic rings. The van der Waals surface area contributed by atoms with Gasteiger partial charge in [0.1, 0.15) is 0 Å². The maximum atomic E-state index is 11.0. The average molecular weight is 347 g/mol. The van der Waals surface area contributed by atoms with Gasteiger partial charge in [-0.05, 0) is 38.5 Å². The lowest BCUT2D eigenvalue weighted by Crippen LogP contribution is -2.10. The number of carbonyl (C=O) groups excluding carboxylic acids is 2. The Morgan fingerprint density at radius 3 is 1.55 bits per heavy atom. The molecule has 0 N–H and O–H groups in total. The fraction of sp³-hybridized carbons (Fsp3) is 0.875. The van der Waals surface area contributed by atoms with Gasteiger partial charge in [0.05, 0.1) is 26.1 Å². The minimum atomic E-state index is -0.0643. The van der Waals surface area contributed by atoms with Gasteiger partial charge in [-0.15, -0.1) is 0 Å². The highest BCUT2D eigenvalue weighted by Gasteiger charge is 2.25. The number of carbonyl (C=O) groups is 2. The summed E-state index contributed by atoms with van der Waals surface area (Å²) in [5, 5.41) is 0.725. The molecule has 2 aliphatic heterocycles. The lowest BCUT2D eigenvalue weighted by molar-refractivity contribution is -0.138. The minimum Gasteiger partial charge on any atom is -0.465 e. The molecule has 4 nitrogen and oxygen atoms in total. The van der Waals surface area contributed by atoms with E-state index in [1.54, 1.807) is 0 Å². The molecule has 2 saturated heterocycles. The number of cyclic esters (lactones) is 2. The van der Waals surface area contributed by atoms with Gasteiger partial charge < -0.3 is 9.47 Å². The van der Waals surface area contributed by atoms with Crippen LogP contribution in [-0.2, 0) is 19.1 Å². The first kappa shape index (κ1) is 18.0. The van der Waals surface area contributed by atoms with E-state index in [-0.39, 0.29) is 11.9 Å². The molecule has 0 bridgehead atoms. The van der Waals surface area contributed by atoms with E-state index in [1.165, 1.54) is 0 Å². The van der Waals surface area contributed by atoms with E-state index in [0.29, 0.717) is 48.4 Å². The van der Waals surface area contributed by atoms with Crippen LogP contribution in [0.5, 0.6) is 0 Å². The lowest BCUT2D eigenvalue weighted by atomic mass is 9.97. The standard InChI is InChI=1S/C16H26O4S2/c17-15-7-11(9-19-15)1-3-13(21)5-6-14(22)4-2-12-8-16(18)20-10-12/h11-14,21-22H,1-10H2. The molecule has 0 radical (unpaired) electrons. The summed E-state index contributed by atoms with van der Waals surface area (Å²) in [4.78, 5) is 22.1. The molecule has 6 heteroatoms. The van der Waals surface area contributed by atoms with Crippen molar-refractivity contribution in [2.24, 2.45) is 11.8 Å². The predicted octanol–water partition coefficient (Wildman–Crippen LogP) is 3.05. The van der Waals surface area contributed by atoms with Crippen molar-refractivity contribution >= 4 is 37.2 Å². The van der Waals surface area contributed by atoms with Crippen LogP contribution in [0.15, 0.2) is 0 Å². The summed E-state index contributed by atoms with van der Waals surface area (Å²) in [5.41, 5.74) is 0. The van der Waals surface area contributed by atoms with Gasteiger partial charge in [0, 0.05) is 22.3 Å². The Bertz CT molecular complexity index is 352. The van der Waals surface area contributed by atoms with Crippen LogP contribution in [0.4, 0.5) is 0 Å². The molecular weight excluding hydrogens is 320 g/mol. The SMILES string of the molecule is O=C1CC(CCC(S)CCC(S)CCC2COC(=O)C2)CO1. The summed E-state index contributed by atoms with van der Waals surface area (Å²) in [6, 6.07) is 0. The Kier molecular flexibility index (Phi) is 7.41. The molecule has 0 amide bonds. The van der Waals surface area contributed by atoms with E-state index >= 15 is 0 Å². The lowest BCUT2D eigenvalue weighted by Gasteiger charge is -2.16. The van der Waals surface area contributed by atoms with Gasteiger partial charge in [-0.25, -0.2) is 0 Å². The highest BCUT2D eigenvalue weighted by Crippen LogP contribution is 2.26. The second-order valence-corrected chi connectivity index (χ2v) is 8.01. The van der Waals surface area contributed by atoms with E-state index in [0.717, 1.165) is 38.5 Å². The monoisotopic (exact) mass is 346 g/mol. The molecule has 2 rings (SSSR count). The van der Waals surface area contributed by atoms with Gasteiger partial charge in [0.2, 0.25) is 0 Å². The summed E-state index contributed by atoms with van der Waals surface area (Å²) < 4.78 is 9.95. The van der Waals surface area contributed by atoms with E-state index in [4.69, 9.17) is 9.47 Å². The number of thiol groups is 2. The average Bonchev–Trinajstić information content (AvgIpc) is 3.09. The topological polar surface area (TPSA) is 52.6 Å². The van der Waals surface area contributed by atoms with Crippen molar-refractivity contribution in [3.63, 3.8) is 0 Å². The van der Waals surface area contributed by atoms with Crippen molar-refractivity contribution in [1.29, 1.82) is 0 Å². The highest BCUT2D eigenvalue weighted by molar-refractivity contribution is 7.81. The minimum absolute atomic E-state index is 0.0643. The Morgan fingerprint density at radius 2 is 1.23 bits per heavy atom. The molecule has 0 spiro atoms. The zero-order valence-corrected chi connectivity index (χ0v) is 14.7. The van der Waals surface area contributed by atoms with Crippen LogP contribution in [0.2, 0.25) is 0 Å². The van der Waals surface area contributed by atoms with Crippen molar-refractivity contribution in [2.45, 2.75) is 61.9 Å². The molecule has 126 valence electrons. The zero-order chi connectivity index (χ0) is 15.9. The second kappa shape index (κ2) is 9.06. The van der Waals surface area contributed by atoms with E-state index in [9.17, 15) is 9.59 Å². The van der Waals surface area contributed by atoms with Crippen LogP contribution < -0.4 is 0 Å². The number of rotatable bonds is 9. The van der Waals surface area contributed by atoms with Crippen LogP contribution in [0.25, 0.3) is 0 Å². The smallest absolute Gasteiger partial charge is 0.306 e. The van der Waals surface area contributed by atoms with E-state index < -0.39 is 0 Å². The normalized spacial score (nSPS) is 27.5. The molecule has 4 unspecified atom stereocenters. The molecule has 0 aromatic carbocycles. The van der Waals surface area contributed by atoms with Gasteiger partial charge in [-0.3, -0.25) is 9.59 Å². The molecule has 22 heavy (non-hydrogen) atoms. The van der Waals surface area contributed by atoms with Crippen molar-refractivity contribution in [1.82, 2.24) is 0 Å². The van der Waals surface area contributed by atoms with Gasteiger partial charge in [0.25, 0.3) is 0 Å². The van der Waals surface area contributed by atoms with Crippen molar-refractivity contribution in [2.75, 3.05) is 13.2 Å². The molecule has 2 aliphatic rings. The predicted molar refractivity (Wildman–Crippen MR) is 91.4 cm³/mol. The third-order valence-electron chi connectivity index (χ3n) is 4.52. The Hall–Kier alpha value is -0.360.